The maximum absolute atomic E-state index is 12.6. The predicted molar refractivity (Wildman–Crippen MR) is 110 cm³/mol. The number of para-hydroxylation sites is 2. The molecule has 3 rings (SSSR count). The largest absolute Gasteiger partial charge is 0.378 e. The minimum atomic E-state index is -0.152. The number of rotatable bonds is 8. The molecule has 1 aliphatic rings. The summed E-state index contributed by atoms with van der Waals surface area (Å²) in [5.41, 5.74) is 2.38. The number of hydrogen-bond acceptors (Lipinski definition) is 5. The molecule has 27 heavy (non-hydrogen) atoms. The fourth-order valence-corrected chi connectivity index (χ4v) is 3.08. The van der Waals surface area contributed by atoms with Crippen LogP contribution in [0.2, 0.25) is 0 Å². The number of nitrogens with one attached hydrogen (secondary N) is 2. The van der Waals surface area contributed by atoms with Crippen LogP contribution in [0, 0.1) is 0 Å². The van der Waals surface area contributed by atoms with Gasteiger partial charge in [0.25, 0.3) is 5.91 Å². The minimum Gasteiger partial charge on any atom is -0.378 e. The standard InChI is InChI=1S/C21H28N4O2/c1-2-3-6-11-22-20-10-9-17(16-23-20)21(26)24-18-7-4-5-8-19(18)25-12-14-27-15-13-25/h4-5,7-10,16H,2-3,6,11-15H2,1H3,(H,22,23)(H,24,26). The molecular weight excluding hydrogens is 340 g/mol. The number of carbonyl (C=O) groups is 1. The number of morpholine rings is 1. The number of ether oxygens (including phenoxy) is 1. The second-order valence-corrected chi connectivity index (χ2v) is 6.64. The molecule has 0 unspecified atom stereocenters. The summed E-state index contributed by atoms with van der Waals surface area (Å²) in [6.07, 6.45) is 5.14. The Morgan fingerprint density at radius 1 is 1.15 bits per heavy atom. The number of aromatic nitrogens is 1. The van der Waals surface area contributed by atoms with Crippen molar-refractivity contribution in [1.29, 1.82) is 0 Å². The van der Waals surface area contributed by atoms with E-state index in [-0.39, 0.29) is 5.91 Å². The Kier molecular flexibility index (Phi) is 7.04. The molecule has 2 N–H and O–H groups in total. The maximum atomic E-state index is 12.6. The molecule has 1 amide bonds. The first kappa shape index (κ1) is 19.2. The number of benzene rings is 1. The zero-order chi connectivity index (χ0) is 18.9. The summed E-state index contributed by atoms with van der Waals surface area (Å²) in [6, 6.07) is 11.5. The maximum Gasteiger partial charge on any atom is 0.257 e. The van der Waals surface area contributed by atoms with Gasteiger partial charge < -0.3 is 20.3 Å². The highest BCUT2D eigenvalue weighted by molar-refractivity contribution is 6.05. The zero-order valence-electron chi connectivity index (χ0n) is 15.9. The monoisotopic (exact) mass is 368 g/mol. The number of pyridine rings is 1. The molecule has 0 aliphatic carbocycles. The Bertz CT molecular complexity index is 727. The number of unbranched alkanes of at least 4 members (excludes halogenated alkanes) is 2. The lowest BCUT2D eigenvalue weighted by Gasteiger charge is -2.30. The van der Waals surface area contributed by atoms with Gasteiger partial charge >= 0.3 is 0 Å². The molecule has 0 radical (unpaired) electrons. The van der Waals surface area contributed by atoms with Crippen LogP contribution >= 0.6 is 0 Å². The van der Waals surface area contributed by atoms with E-state index in [9.17, 15) is 4.79 Å². The summed E-state index contributed by atoms with van der Waals surface area (Å²) in [5.74, 6) is 0.650. The van der Waals surface area contributed by atoms with Gasteiger partial charge in [0.05, 0.1) is 30.2 Å². The average Bonchev–Trinajstić information content (AvgIpc) is 2.73. The van der Waals surface area contributed by atoms with Crippen molar-refractivity contribution >= 4 is 23.1 Å². The summed E-state index contributed by atoms with van der Waals surface area (Å²) >= 11 is 0. The van der Waals surface area contributed by atoms with Crippen LogP contribution in [-0.4, -0.2) is 43.7 Å². The lowest BCUT2D eigenvalue weighted by Crippen LogP contribution is -2.36. The van der Waals surface area contributed by atoms with Gasteiger partial charge in [-0.2, -0.15) is 0 Å². The van der Waals surface area contributed by atoms with Gasteiger partial charge in [-0.25, -0.2) is 4.98 Å². The fourth-order valence-electron chi connectivity index (χ4n) is 3.08. The van der Waals surface area contributed by atoms with Crippen molar-refractivity contribution in [2.45, 2.75) is 26.2 Å². The van der Waals surface area contributed by atoms with Gasteiger partial charge in [-0.3, -0.25) is 4.79 Å². The van der Waals surface area contributed by atoms with E-state index < -0.39 is 0 Å². The molecule has 0 spiro atoms. The lowest BCUT2D eigenvalue weighted by atomic mass is 10.2. The van der Waals surface area contributed by atoms with Crippen LogP contribution in [0.3, 0.4) is 0 Å². The van der Waals surface area contributed by atoms with Crippen LogP contribution in [0.15, 0.2) is 42.6 Å². The topological polar surface area (TPSA) is 66.5 Å². The van der Waals surface area contributed by atoms with Crippen molar-refractivity contribution in [2.24, 2.45) is 0 Å². The molecule has 144 valence electrons. The van der Waals surface area contributed by atoms with Crippen molar-refractivity contribution in [3.8, 4) is 0 Å². The molecule has 1 fully saturated rings. The van der Waals surface area contributed by atoms with E-state index in [1.165, 1.54) is 12.8 Å². The molecule has 2 aromatic rings. The van der Waals surface area contributed by atoms with E-state index in [0.717, 1.165) is 43.2 Å². The zero-order valence-corrected chi connectivity index (χ0v) is 15.9. The highest BCUT2D eigenvalue weighted by atomic mass is 16.5. The van der Waals surface area contributed by atoms with Gasteiger partial charge in [-0.15, -0.1) is 0 Å². The van der Waals surface area contributed by atoms with E-state index >= 15 is 0 Å². The summed E-state index contributed by atoms with van der Waals surface area (Å²) in [4.78, 5) is 19.2. The first-order valence-electron chi connectivity index (χ1n) is 9.71. The van der Waals surface area contributed by atoms with Crippen LogP contribution in [-0.2, 0) is 4.74 Å². The Hall–Kier alpha value is -2.60. The highest BCUT2D eigenvalue weighted by Crippen LogP contribution is 2.26. The summed E-state index contributed by atoms with van der Waals surface area (Å²) < 4.78 is 5.42. The van der Waals surface area contributed by atoms with Gasteiger partial charge in [-0.05, 0) is 30.7 Å². The Balaban J connectivity index is 1.62. The molecule has 1 aliphatic heterocycles. The van der Waals surface area contributed by atoms with Crippen LogP contribution in [0.5, 0.6) is 0 Å². The van der Waals surface area contributed by atoms with E-state index in [0.29, 0.717) is 18.8 Å². The van der Waals surface area contributed by atoms with E-state index in [1.54, 1.807) is 6.20 Å². The first-order valence-corrected chi connectivity index (χ1v) is 9.71. The molecule has 1 saturated heterocycles. The number of amides is 1. The van der Waals surface area contributed by atoms with Gasteiger partial charge in [0.2, 0.25) is 0 Å². The third kappa shape index (κ3) is 5.44. The molecule has 2 heterocycles. The smallest absolute Gasteiger partial charge is 0.257 e. The molecule has 0 bridgehead atoms. The Labute approximate surface area is 160 Å². The highest BCUT2D eigenvalue weighted by Gasteiger charge is 2.16. The van der Waals surface area contributed by atoms with Gasteiger partial charge in [0.1, 0.15) is 5.82 Å². The van der Waals surface area contributed by atoms with Gasteiger partial charge in [0.15, 0.2) is 0 Å². The van der Waals surface area contributed by atoms with Gasteiger partial charge in [-0.1, -0.05) is 31.9 Å². The minimum absolute atomic E-state index is 0.152. The number of anilines is 3. The Morgan fingerprint density at radius 2 is 1.96 bits per heavy atom. The summed E-state index contributed by atoms with van der Waals surface area (Å²) in [7, 11) is 0. The number of carbonyl (C=O) groups excluding carboxylic acids is 1. The quantitative estimate of drug-likeness (QED) is 0.694. The summed E-state index contributed by atoms with van der Waals surface area (Å²) in [6.45, 7) is 6.15. The third-order valence-corrected chi connectivity index (χ3v) is 4.62. The van der Waals surface area contributed by atoms with Crippen LogP contribution in [0.1, 0.15) is 36.5 Å². The van der Waals surface area contributed by atoms with E-state index in [1.807, 2.05) is 36.4 Å². The van der Waals surface area contributed by atoms with E-state index in [4.69, 9.17) is 4.74 Å². The fraction of sp³-hybridized carbons (Fsp3) is 0.429. The third-order valence-electron chi connectivity index (χ3n) is 4.62. The van der Waals surface area contributed by atoms with E-state index in [2.05, 4.69) is 27.4 Å². The van der Waals surface area contributed by atoms with Crippen LogP contribution in [0.4, 0.5) is 17.2 Å². The number of hydrogen-bond donors (Lipinski definition) is 2. The molecule has 6 nitrogen and oxygen atoms in total. The van der Waals surface area contributed by atoms with Crippen molar-refractivity contribution < 1.29 is 9.53 Å². The molecule has 1 aromatic carbocycles. The van der Waals surface area contributed by atoms with Crippen LogP contribution in [0.25, 0.3) is 0 Å². The number of nitrogens with zero attached hydrogens (tertiary/aromatic N) is 2. The van der Waals surface area contributed by atoms with Gasteiger partial charge in [0, 0.05) is 25.8 Å². The Morgan fingerprint density at radius 3 is 2.70 bits per heavy atom. The molecule has 6 heteroatoms. The first-order chi connectivity index (χ1) is 13.3. The van der Waals surface area contributed by atoms with Crippen LogP contribution < -0.4 is 15.5 Å². The predicted octanol–water partition coefficient (Wildman–Crippen LogP) is 3.77. The average molecular weight is 368 g/mol. The SMILES string of the molecule is CCCCCNc1ccc(C(=O)Nc2ccccc2N2CCOCC2)cn1. The van der Waals surface area contributed by atoms with Crippen molar-refractivity contribution in [1.82, 2.24) is 4.98 Å². The lowest BCUT2D eigenvalue weighted by molar-refractivity contribution is 0.102. The summed E-state index contributed by atoms with van der Waals surface area (Å²) in [5, 5.41) is 6.31. The second kappa shape index (κ2) is 9.92. The molecule has 1 aromatic heterocycles. The normalized spacial score (nSPS) is 14.0. The van der Waals surface area contributed by atoms with Crippen molar-refractivity contribution in [3.63, 3.8) is 0 Å². The van der Waals surface area contributed by atoms with Crippen molar-refractivity contribution in [2.75, 3.05) is 48.4 Å². The second-order valence-electron chi connectivity index (χ2n) is 6.64. The molecule has 0 saturated carbocycles. The molecular formula is C21H28N4O2. The van der Waals surface area contributed by atoms with Crippen molar-refractivity contribution in [3.05, 3.63) is 48.2 Å². The molecule has 0 atom stereocenters.